The lowest BCUT2D eigenvalue weighted by molar-refractivity contribution is 0.378. The van der Waals surface area contributed by atoms with E-state index in [9.17, 15) is 0 Å². The average molecular weight is 245 g/mol. The Labute approximate surface area is 109 Å². The first kappa shape index (κ1) is 11.1. The quantitative estimate of drug-likeness (QED) is 0.827. The second-order valence-corrected chi connectivity index (χ2v) is 6.71. The number of nitrogens with one attached hydrogen (secondary N) is 1. The van der Waals surface area contributed by atoms with E-state index in [2.05, 4.69) is 24.4 Å². The minimum absolute atomic E-state index is 0.710. The summed E-state index contributed by atoms with van der Waals surface area (Å²) in [6, 6.07) is 5.14. The monoisotopic (exact) mass is 245 g/mol. The summed E-state index contributed by atoms with van der Waals surface area (Å²) in [6.45, 7) is 3.24. The van der Waals surface area contributed by atoms with Gasteiger partial charge < -0.3 is 9.73 Å². The van der Waals surface area contributed by atoms with Crippen LogP contribution in [0, 0.1) is 17.8 Å². The van der Waals surface area contributed by atoms with Gasteiger partial charge in [0.2, 0.25) is 0 Å². The van der Waals surface area contributed by atoms with E-state index in [1.54, 1.807) is 0 Å². The predicted octanol–water partition coefficient (Wildman–Crippen LogP) is 3.68. The molecule has 3 fully saturated rings. The van der Waals surface area contributed by atoms with Crippen LogP contribution in [0.3, 0.4) is 0 Å². The van der Waals surface area contributed by atoms with Crippen LogP contribution in [-0.2, 0) is 6.54 Å². The normalized spacial score (nSPS) is 31.0. The van der Waals surface area contributed by atoms with Gasteiger partial charge in [-0.1, -0.05) is 6.92 Å². The molecule has 1 aromatic rings. The first-order valence-electron chi connectivity index (χ1n) is 7.63. The molecule has 2 unspecified atom stereocenters. The molecule has 3 aliphatic carbocycles. The van der Waals surface area contributed by atoms with Crippen LogP contribution in [0.15, 0.2) is 16.5 Å². The highest BCUT2D eigenvalue weighted by molar-refractivity contribution is 5.17. The molecule has 1 N–H and O–H groups in total. The standard InChI is InChI=1S/C16H23NO/c1-10-8-14(10)15-7-6-13(18-15)9-17-16(11-2-3-11)12-4-5-12/h6-7,10-12,14,16-17H,2-5,8-9H2,1H3. The molecule has 1 aromatic heterocycles. The van der Waals surface area contributed by atoms with Crippen LogP contribution in [0.2, 0.25) is 0 Å². The largest absolute Gasteiger partial charge is 0.464 e. The highest BCUT2D eigenvalue weighted by Gasteiger charge is 2.41. The van der Waals surface area contributed by atoms with Gasteiger partial charge in [-0.2, -0.15) is 0 Å². The van der Waals surface area contributed by atoms with Gasteiger partial charge in [0.1, 0.15) is 11.5 Å². The van der Waals surface area contributed by atoms with Crippen molar-refractivity contribution in [2.45, 2.75) is 57.5 Å². The molecule has 0 radical (unpaired) electrons. The van der Waals surface area contributed by atoms with Crippen molar-refractivity contribution < 1.29 is 4.42 Å². The molecule has 4 rings (SSSR count). The van der Waals surface area contributed by atoms with Crippen LogP contribution in [-0.4, -0.2) is 6.04 Å². The van der Waals surface area contributed by atoms with Gasteiger partial charge in [-0.15, -0.1) is 0 Å². The molecule has 3 aliphatic rings. The minimum Gasteiger partial charge on any atom is -0.464 e. The molecular weight excluding hydrogens is 222 g/mol. The lowest BCUT2D eigenvalue weighted by atomic mass is 10.1. The molecule has 3 saturated carbocycles. The fraction of sp³-hybridized carbons (Fsp3) is 0.750. The first-order chi connectivity index (χ1) is 8.81. The summed E-state index contributed by atoms with van der Waals surface area (Å²) in [7, 11) is 0. The third-order valence-corrected chi connectivity index (χ3v) is 4.93. The van der Waals surface area contributed by atoms with Gasteiger partial charge in [-0.05, 0) is 62.0 Å². The van der Waals surface area contributed by atoms with Gasteiger partial charge in [0, 0.05) is 12.0 Å². The second-order valence-electron chi connectivity index (χ2n) is 6.71. The summed E-state index contributed by atoms with van der Waals surface area (Å²) in [5.41, 5.74) is 0. The van der Waals surface area contributed by atoms with E-state index in [1.165, 1.54) is 37.9 Å². The van der Waals surface area contributed by atoms with Gasteiger partial charge in [0.15, 0.2) is 0 Å². The Bertz CT molecular complexity index is 418. The molecule has 1 heterocycles. The molecule has 2 nitrogen and oxygen atoms in total. The Kier molecular flexibility index (Phi) is 2.54. The molecule has 0 aromatic carbocycles. The zero-order valence-corrected chi connectivity index (χ0v) is 11.2. The van der Waals surface area contributed by atoms with Crippen LogP contribution >= 0.6 is 0 Å². The maximum Gasteiger partial charge on any atom is 0.117 e. The first-order valence-corrected chi connectivity index (χ1v) is 7.63. The third-order valence-electron chi connectivity index (χ3n) is 4.93. The molecule has 0 spiro atoms. The Hall–Kier alpha value is -0.760. The highest BCUT2D eigenvalue weighted by atomic mass is 16.3. The molecule has 0 aliphatic heterocycles. The zero-order chi connectivity index (χ0) is 12.1. The minimum atomic E-state index is 0.710. The summed E-state index contributed by atoms with van der Waals surface area (Å²) >= 11 is 0. The van der Waals surface area contributed by atoms with E-state index in [4.69, 9.17) is 4.42 Å². The molecule has 18 heavy (non-hydrogen) atoms. The Morgan fingerprint density at radius 1 is 1.22 bits per heavy atom. The van der Waals surface area contributed by atoms with Crippen LogP contribution in [0.4, 0.5) is 0 Å². The average Bonchev–Trinajstić information content (AvgIpc) is 3.19. The summed E-state index contributed by atoms with van der Waals surface area (Å²) in [4.78, 5) is 0. The molecule has 2 heteroatoms. The van der Waals surface area contributed by atoms with Crippen LogP contribution in [0.25, 0.3) is 0 Å². The van der Waals surface area contributed by atoms with Crippen molar-refractivity contribution in [3.63, 3.8) is 0 Å². The summed E-state index contributed by atoms with van der Waals surface area (Å²) in [6.07, 6.45) is 7.08. The van der Waals surface area contributed by atoms with Gasteiger partial charge >= 0.3 is 0 Å². The van der Waals surface area contributed by atoms with Gasteiger partial charge in [0.05, 0.1) is 6.54 Å². The molecular formula is C16H23NO. The molecule has 98 valence electrons. The van der Waals surface area contributed by atoms with Crippen molar-refractivity contribution in [2.24, 2.45) is 17.8 Å². The van der Waals surface area contributed by atoms with Crippen molar-refractivity contribution in [3.05, 3.63) is 23.7 Å². The smallest absolute Gasteiger partial charge is 0.117 e. The molecule has 0 bridgehead atoms. The van der Waals surface area contributed by atoms with Gasteiger partial charge in [-0.25, -0.2) is 0 Å². The number of rotatable bonds is 6. The molecule has 0 saturated heterocycles. The summed E-state index contributed by atoms with van der Waals surface area (Å²) in [5, 5.41) is 3.75. The van der Waals surface area contributed by atoms with Crippen molar-refractivity contribution in [3.8, 4) is 0 Å². The summed E-state index contributed by atoms with van der Waals surface area (Å²) < 4.78 is 5.97. The van der Waals surface area contributed by atoms with Crippen molar-refractivity contribution in [2.75, 3.05) is 0 Å². The van der Waals surface area contributed by atoms with E-state index >= 15 is 0 Å². The van der Waals surface area contributed by atoms with Crippen molar-refractivity contribution in [1.29, 1.82) is 0 Å². The Morgan fingerprint density at radius 3 is 2.44 bits per heavy atom. The van der Waals surface area contributed by atoms with Crippen LogP contribution in [0.1, 0.15) is 56.5 Å². The van der Waals surface area contributed by atoms with Crippen molar-refractivity contribution in [1.82, 2.24) is 5.32 Å². The Morgan fingerprint density at radius 2 is 1.89 bits per heavy atom. The van der Waals surface area contributed by atoms with Gasteiger partial charge in [0.25, 0.3) is 0 Å². The van der Waals surface area contributed by atoms with E-state index in [-0.39, 0.29) is 0 Å². The number of furan rings is 1. The van der Waals surface area contributed by atoms with Gasteiger partial charge in [-0.3, -0.25) is 0 Å². The Balaban J connectivity index is 1.34. The van der Waals surface area contributed by atoms with Crippen molar-refractivity contribution >= 4 is 0 Å². The lowest BCUT2D eigenvalue weighted by Crippen LogP contribution is -2.32. The topological polar surface area (TPSA) is 25.2 Å². The van der Waals surface area contributed by atoms with Crippen LogP contribution in [0.5, 0.6) is 0 Å². The molecule has 2 atom stereocenters. The second kappa shape index (κ2) is 4.12. The summed E-state index contributed by atoms with van der Waals surface area (Å²) in [5.74, 6) is 5.83. The van der Waals surface area contributed by atoms with E-state index in [0.717, 1.165) is 36.1 Å². The fourth-order valence-corrected chi connectivity index (χ4v) is 3.25. The SMILES string of the molecule is CC1CC1c1ccc(CNC(C2CC2)C2CC2)o1. The third kappa shape index (κ3) is 2.23. The lowest BCUT2D eigenvalue weighted by Gasteiger charge is -2.16. The van der Waals surface area contributed by atoms with E-state index in [1.807, 2.05) is 0 Å². The predicted molar refractivity (Wildman–Crippen MR) is 71.3 cm³/mol. The van der Waals surface area contributed by atoms with E-state index < -0.39 is 0 Å². The maximum atomic E-state index is 5.97. The van der Waals surface area contributed by atoms with E-state index in [0.29, 0.717) is 5.92 Å². The fourth-order valence-electron chi connectivity index (χ4n) is 3.25. The molecule has 0 amide bonds. The van der Waals surface area contributed by atoms with Crippen LogP contribution < -0.4 is 5.32 Å². The number of hydrogen-bond acceptors (Lipinski definition) is 2. The highest BCUT2D eigenvalue weighted by Crippen LogP contribution is 2.47. The maximum absolute atomic E-state index is 5.97. The zero-order valence-electron chi connectivity index (χ0n) is 11.2. The number of hydrogen-bond donors (Lipinski definition) is 1.